The Morgan fingerprint density at radius 1 is 1.00 bits per heavy atom. The molecule has 1 fully saturated rings. The summed E-state index contributed by atoms with van der Waals surface area (Å²) in [4.78, 5) is 44.9. The van der Waals surface area contributed by atoms with Crippen LogP contribution in [0.15, 0.2) is 0 Å². The fourth-order valence-corrected chi connectivity index (χ4v) is 2.31. The average molecular weight is 401 g/mol. The Kier molecular flexibility index (Phi) is 7.54. The first-order valence-electron chi connectivity index (χ1n) is 7.52. The van der Waals surface area contributed by atoms with Crippen molar-refractivity contribution in [3.63, 3.8) is 0 Å². The number of hydrogen-bond acceptors (Lipinski definition) is 9. The standard InChI is InChI=1S/C14H18F3NO9/c1-5(19)24-4-8-10(25-6(2)20)11(26-7(3)21)9(12(22)27-8)18-13(23)14(15,16)17/h8-12,22H,4H2,1-3H3,(H,18,23)/t8-,9+,10-,11-,12-/m1/s1. The molecule has 5 atom stereocenters. The van der Waals surface area contributed by atoms with Gasteiger partial charge in [0.25, 0.3) is 0 Å². The number of nitrogens with one attached hydrogen (secondary N) is 1. The lowest BCUT2D eigenvalue weighted by atomic mass is 9.96. The summed E-state index contributed by atoms with van der Waals surface area (Å²) in [6.07, 6.45) is -12.1. The van der Waals surface area contributed by atoms with Gasteiger partial charge in [-0.05, 0) is 0 Å². The van der Waals surface area contributed by atoms with Crippen LogP contribution in [0.1, 0.15) is 20.8 Å². The second-order valence-corrected chi connectivity index (χ2v) is 5.51. The average Bonchev–Trinajstić information content (AvgIpc) is 2.49. The molecule has 0 radical (unpaired) electrons. The van der Waals surface area contributed by atoms with Crippen molar-refractivity contribution in [2.75, 3.05) is 6.61 Å². The van der Waals surface area contributed by atoms with E-state index in [0.29, 0.717) is 0 Å². The number of rotatable bonds is 5. The third-order valence-electron chi connectivity index (χ3n) is 3.28. The van der Waals surface area contributed by atoms with Crippen molar-refractivity contribution in [2.45, 2.75) is 57.6 Å². The number of halogens is 3. The highest BCUT2D eigenvalue weighted by atomic mass is 19.4. The van der Waals surface area contributed by atoms with Gasteiger partial charge in [-0.15, -0.1) is 0 Å². The van der Waals surface area contributed by atoms with Crippen LogP contribution in [0.3, 0.4) is 0 Å². The molecule has 0 aromatic rings. The molecule has 1 aliphatic rings. The van der Waals surface area contributed by atoms with Crippen LogP contribution in [0.2, 0.25) is 0 Å². The third-order valence-corrected chi connectivity index (χ3v) is 3.28. The van der Waals surface area contributed by atoms with Gasteiger partial charge in [0.05, 0.1) is 0 Å². The number of esters is 3. The van der Waals surface area contributed by atoms with E-state index in [2.05, 4.69) is 0 Å². The molecule has 27 heavy (non-hydrogen) atoms. The van der Waals surface area contributed by atoms with Crippen LogP contribution >= 0.6 is 0 Å². The van der Waals surface area contributed by atoms with E-state index in [-0.39, 0.29) is 0 Å². The summed E-state index contributed by atoms with van der Waals surface area (Å²) in [6, 6.07) is -1.92. The quantitative estimate of drug-likeness (QED) is 0.447. The Hall–Kier alpha value is -2.41. The molecule has 0 spiro atoms. The van der Waals surface area contributed by atoms with Gasteiger partial charge in [0, 0.05) is 20.8 Å². The molecule has 0 aromatic carbocycles. The summed E-state index contributed by atoms with van der Waals surface area (Å²) in [5, 5.41) is 11.4. The molecule has 0 aromatic heterocycles. The SMILES string of the molecule is CC(=O)OC[C@H]1O[C@@H](O)[C@@H](NC(=O)C(F)(F)F)[C@@H](OC(C)=O)[C@@H]1OC(C)=O. The second kappa shape index (κ2) is 8.99. The van der Waals surface area contributed by atoms with Crippen LogP contribution in [0.25, 0.3) is 0 Å². The number of aliphatic hydroxyl groups excluding tert-OH is 1. The maximum Gasteiger partial charge on any atom is 0.471 e. The molecule has 1 rings (SSSR count). The van der Waals surface area contributed by atoms with Crippen LogP contribution in [-0.2, 0) is 38.1 Å². The van der Waals surface area contributed by atoms with E-state index in [0.717, 1.165) is 20.8 Å². The van der Waals surface area contributed by atoms with Gasteiger partial charge >= 0.3 is 30.0 Å². The molecule has 0 saturated carbocycles. The number of carbonyl (C=O) groups excluding carboxylic acids is 4. The Balaban J connectivity index is 3.18. The number of ether oxygens (including phenoxy) is 4. The van der Waals surface area contributed by atoms with Crippen molar-refractivity contribution in [1.29, 1.82) is 0 Å². The monoisotopic (exact) mass is 401 g/mol. The summed E-state index contributed by atoms with van der Waals surface area (Å²) in [5.41, 5.74) is 0. The molecule has 10 nitrogen and oxygen atoms in total. The van der Waals surface area contributed by atoms with Gasteiger partial charge < -0.3 is 29.4 Å². The molecule has 1 heterocycles. The molecular weight excluding hydrogens is 383 g/mol. The predicted molar refractivity (Wildman–Crippen MR) is 76.6 cm³/mol. The fourth-order valence-electron chi connectivity index (χ4n) is 2.31. The van der Waals surface area contributed by atoms with Crippen LogP contribution in [0.4, 0.5) is 13.2 Å². The summed E-state index contributed by atoms with van der Waals surface area (Å²) >= 11 is 0. The van der Waals surface area contributed by atoms with Crippen molar-refractivity contribution in [1.82, 2.24) is 5.32 Å². The zero-order valence-corrected chi connectivity index (χ0v) is 14.4. The number of hydrogen-bond donors (Lipinski definition) is 2. The highest BCUT2D eigenvalue weighted by Gasteiger charge is 2.52. The van der Waals surface area contributed by atoms with Gasteiger partial charge in [0.1, 0.15) is 18.8 Å². The molecule has 1 saturated heterocycles. The number of alkyl halides is 3. The van der Waals surface area contributed by atoms with Crippen LogP contribution in [-0.4, -0.2) is 72.3 Å². The third kappa shape index (κ3) is 6.67. The molecular formula is C14H18F3NO9. The Morgan fingerprint density at radius 3 is 1.96 bits per heavy atom. The molecule has 0 bridgehead atoms. The molecule has 154 valence electrons. The van der Waals surface area contributed by atoms with Crippen molar-refractivity contribution >= 4 is 23.8 Å². The molecule has 0 unspecified atom stereocenters. The van der Waals surface area contributed by atoms with Crippen LogP contribution in [0.5, 0.6) is 0 Å². The first kappa shape index (κ1) is 22.6. The van der Waals surface area contributed by atoms with Crippen molar-refractivity contribution in [3.8, 4) is 0 Å². The second-order valence-electron chi connectivity index (χ2n) is 5.51. The number of amides is 1. The minimum absolute atomic E-state index is 0.567. The van der Waals surface area contributed by atoms with E-state index in [4.69, 9.17) is 18.9 Å². The van der Waals surface area contributed by atoms with E-state index in [1.807, 2.05) is 0 Å². The first-order valence-corrected chi connectivity index (χ1v) is 7.52. The molecule has 0 aliphatic carbocycles. The fraction of sp³-hybridized carbons (Fsp3) is 0.714. The summed E-state index contributed by atoms with van der Waals surface area (Å²) < 4.78 is 57.1. The van der Waals surface area contributed by atoms with Gasteiger partial charge in [-0.3, -0.25) is 19.2 Å². The Labute approximate surface area is 150 Å². The smallest absolute Gasteiger partial charge is 0.463 e. The zero-order chi connectivity index (χ0) is 20.9. The molecule has 13 heteroatoms. The van der Waals surface area contributed by atoms with E-state index in [9.17, 15) is 37.5 Å². The Bertz CT molecular complexity index is 595. The van der Waals surface area contributed by atoms with Gasteiger partial charge in [0.2, 0.25) is 0 Å². The summed E-state index contributed by atoms with van der Waals surface area (Å²) in [5.74, 6) is -5.12. The normalized spacial score (nSPS) is 28.0. The van der Waals surface area contributed by atoms with Crippen LogP contribution < -0.4 is 5.32 Å². The predicted octanol–water partition coefficient (Wildman–Crippen LogP) is -0.823. The number of aliphatic hydroxyl groups is 1. The van der Waals surface area contributed by atoms with E-state index in [1.165, 1.54) is 5.32 Å². The van der Waals surface area contributed by atoms with E-state index < -0.39 is 67.2 Å². The Morgan fingerprint density at radius 2 is 1.52 bits per heavy atom. The highest BCUT2D eigenvalue weighted by Crippen LogP contribution is 2.27. The maximum absolute atomic E-state index is 12.5. The van der Waals surface area contributed by atoms with Gasteiger partial charge in [0.15, 0.2) is 18.5 Å². The summed E-state index contributed by atoms with van der Waals surface area (Å²) in [7, 11) is 0. The molecule has 1 amide bonds. The number of carbonyl (C=O) groups is 4. The summed E-state index contributed by atoms with van der Waals surface area (Å²) in [6.45, 7) is 2.36. The lowest BCUT2D eigenvalue weighted by Gasteiger charge is -2.43. The topological polar surface area (TPSA) is 137 Å². The minimum atomic E-state index is -5.30. The zero-order valence-electron chi connectivity index (χ0n) is 14.4. The minimum Gasteiger partial charge on any atom is -0.463 e. The molecule has 2 N–H and O–H groups in total. The van der Waals surface area contributed by atoms with Gasteiger partial charge in [-0.1, -0.05) is 0 Å². The van der Waals surface area contributed by atoms with E-state index in [1.54, 1.807) is 0 Å². The van der Waals surface area contributed by atoms with Gasteiger partial charge in [-0.2, -0.15) is 13.2 Å². The van der Waals surface area contributed by atoms with Gasteiger partial charge in [-0.25, -0.2) is 0 Å². The maximum atomic E-state index is 12.5. The van der Waals surface area contributed by atoms with E-state index >= 15 is 0 Å². The van der Waals surface area contributed by atoms with Crippen LogP contribution in [0, 0.1) is 0 Å². The lowest BCUT2D eigenvalue weighted by Crippen LogP contribution is -2.67. The largest absolute Gasteiger partial charge is 0.471 e. The van der Waals surface area contributed by atoms with Crippen molar-refractivity contribution < 1.29 is 56.4 Å². The first-order chi connectivity index (χ1) is 12.3. The van der Waals surface area contributed by atoms with Crippen molar-refractivity contribution in [2.24, 2.45) is 0 Å². The lowest BCUT2D eigenvalue weighted by molar-refractivity contribution is -0.266. The highest BCUT2D eigenvalue weighted by molar-refractivity contribution is 5.82. The molecule has 1 aliphatic heterocycles. The van der Waals surface area contributed by atoms with Crippen molar-refractivity contribution in [3.05, 3.63) is 0 Å².